The Hall–Kier alpha value is -4.53. The highest BCUT2D eigenvalue weighted by Gasteiger charge is 2.34. The van der Waals surface area contributed by atoms with Gasteiger partial charge in [0.25, 0.3) is 11.8 Å². The van der Waals surface area contributed by atoms with Crippen LogP contribution in [-0.2, 0) is 12.9 Å². The molecule has 3 aromatic heterocycles. The molecule has 186 valence electrons. The number of nitrogens with one attached hydrogen (secondary N) is 1. The van der Waals surface area contributed by atoms with Crippen molar-refractivity contribution in [2.75, 3.05) is 5.32 Å². The molecule has 4 aromatic rings. The predicted molar refractivity (Wildman–Crippen MR) is 122 cm³/mol. The lowest BCUT2D eigenvalue weighted by Gasteiger charge is -2.09. The number of pyridine rings is 1. The van der Waals surface area contributed by atoms with Crippen LogP contribution in [0.4, 0.5) is 24.5 Å². The molecule has 0 spiro atoms. The van der Waals surface area contributed by atoms with Crippen molar-refractivity contribution < 1.29 is 32.4 Å². The number of halogens is 3. The largest absolute Gasteiger partial charge is 0.464 e. The Morgan fingerprint density at radius 3 is 2.67 bits per heavy atom. The summed E-state index contributed by atoms with van der Waals surface area (Å²) in [6, 6.07) is 7.85. The fourth-order valence-electron chi connectivity index (χ4n) is 3.32. The van der Waals surface area contributed by atoms with Gasteiger partial charge in [-0.2, -0.15) is 18.3 Å². The molecule has 0 unspecified atom stereocenters. The van der Waals surface area contributed by atoms with Crippen molar-refractivity contribution in [3.05, 3.63) is 74.5 Å². The van der Waals surface area contributed by atoms with Gasteiger partial charge in [-0.1, -0.05) is 12.1 Å². The normalized spacial score (nSPS) is 11.4. The third-order valence-electron chi connectivity index (χ3n) is 4.90. The molecule has 15 heteroatoms. The molecular weight excluding hydrogens is 505 g/mol. The number of aryl methyl sites for hydroxylation is 1. The van der Waals surface area contributed by atoms with Gasteiger partial charge in [-0.3, -0.25) is 19.7 Å². The van der Waals surface area contributed by atoms with E-state index in [0.717, 1.165) is 6.07 Å². The first kappa shape index (κ1) is 24.6. The molecule has 0 fully saturated rings. The second-order valence-corrected chi connectivity index (χ2v) is 8.36. The summed E-state index contributed by atoms with van der Waals surface area (Å²) in [6.45, 7) is 1.14. The number of rotatable bonds is 7. The van der Waals surface area contributed by atoms with Gasteiger partial charge in [0.2, 0.25) is 0 Å². The van der Waals surface area contributed by atoms with Gasteiger partial charge in [0.05, 0.1) is 10.6 Å². The summed E-state index contributed by atoms with van der Waals surface area (Å²) in [6.07, 6.45) is -3.32. The van der Waals surface area contributed by atoms with Crippen LogP contribution in [0.1, 0.15) is 31.4 Å². The highest BCUT2D eigenvalue weighted by Crippen LogP contribution is 2.39. The van der Waals surface area contributed by atoms with E-state index in [4.69, 9.17) is 10.5 Å². The number of benzene rings is 1. The van der Waals surface area contributed by atoms with E-state index in [1.807, 2.05) is 0 Å². The number of ether oxygens (including phenoxy) is 1. The average molecular weight is 520 g/mol. The zero-order valence-electron chi connectivity index (χ0n) is 18.2. The van der Waals surface area contributed by atoms with Crippen molar-refractivity contribution in [1.82, 2.24) is 14.8 Å². The number of anilines is 1. The number of fused-ring (bicyclic) bond motifs is 1. The minimum atomic E-state index is -4.70. The molecule has 11 nitrogen and oxygen atoms in total. The maximum absolute atomic E-state index is 13.2. The number of para-hydroxylation sites is 2. The summed E-state index contributed by atoms with van der Waals surface area (Å²) in [5, 5.41) is 17.8. The van der Waals surface area contributed by atoms with Crippen molar-refractivity contribution in [2.24, 2.45) is 5.73 Å². The fraction of sp³-hybridized carbons (Fsp3) is 0.143. The van der Waals surface area contributed by atoms with Crippen LogP contribution in [0.2, 0.25) is 0 Å². The van der Waals surface area contributed by atoms with E-state index in [-0.39, 0.29) is 50.2 Å². The van der Waals surface area contributed by atoms with Crippen molar-refractivity contribution in [3.63, 3.8) is 0 Å². The molecule has 0 aliphatic carbocycles. The van der Waals surface area contributed by atoms with E-state index in [9.17, 15) is 32.9 Å². The summed E-state index contributed by atoms with van der Waals surface area (Å²) in [7, 11) is 0. The lowest BCUT2D eigenvalue weighted by Crippen LogP contribution is -2.18. The molecule has 0 radical (unpaired) electrons. The summed E-state index contributed by atoms with van der Waals surface area (Å²) in [4.78, 5) is 38.6. The number of aromatic nitrogens is 3. The minimum absolute atomic E-state index is 0.000968. The zero-order valence-corrected chi connectivity index (χ0v) is 19.0. The molecule has 36 heavy (non-hydrogen) atoms. The Kier molecular flexibility index (Phi) is 6.32. The molecule has 3 heterocycles. The van der Waals surface area contributed by atoms with Crippen LogP contribution in [0.5, 0.6) is 5.75 Å². The molecule has 0 saturated carbocycles. The number of thiophene rings is 1. The lowest BCUT2D eigenvalue weighted by molar-refractivity contribution is -0.386. The van der Waals surface area contributed by atoms with Gasteiger partial charge in [-0.25, -0.2) is 9.67 Å². The maximum Gasteiger partial charge on any atom is 0.433 e. The first-order valence-corrected chi connectivity index (χ1v) is 10.8. The number of nitrogens with two attached hydrogens (primary N) is 1. The summed E-state index contributed by atoms with van der Waals surface area (Å²) < 4.78 is 46.1. The van der Waals surface area contributed by atoms with Gasteiger partial charge in [0.1, 0.15) is 15.4 Å². The van der Waals surface area contributed by atoms with Gasteiger partial charge >= 0.3 is 11.9 Å². The van der Waals surface area contributed by atoms with Crippen LogP contribution in [0.15, 0.2) is 42.6 Å². The summed E-state index contributed by atoms with van der Waals surface area (Å²) >= 11 is 0.627. The monoisotopic (exact) mass is 520 g/mol. The number of primary amides is 1. The minimum Gasteiger partial charge on any atom is -0.464 e. The van der Waals surface area contributed by atoms with Crippen molar-refractivity contribution in [3.8, 4) is 5.75 Å². The number of carbonyl (C=O) groups excluding carboxylic acids is 2. The van der Waals surface area contributed by atoms with Gasteiger partial charge < -0.3 is 15.8 Å². The zero-order chi connectivity index (χ0) is 26.2. The lowest BCUT2D eigenvalue weighted by atomic mass is 10.1. The van der Waals surface area contributed by atoms with Gasteiger partial charge in [-0.05, 0) is 30.7 Å². The molecule has 4 rings (SSSR count). The molecule has 1 aromatic carbocycles. The van der Waals surface area contributed by atoms with Gasteiger partial charge in [0, 0.05) is 17.6 Å². The van der Waals surface area contributed by atoms with E-state index in [1.165, 1.54) is 42.1 Å². The molecule has 2 amide bonds. The van der Waals surface area contributed by atoms with E-state index in [1.54, 1.807) is 6.07 Å². The Morgan fingerprint density at radius 1 is 1.28 bits per heavy atom. The molecule has 0 aliphatic heterocycles. The summed E-state index contributed by atoms with van der Waals surface area (Å²) in [5.41, 5.74) is 3.94. The average Bonchev–Trinajstić information content (AvgIpc) is 3.42. The van der Waals surface area contributed by atoms with Crippen LogP contribution in [0, 0.1) is 17.0 Å². The number of hydrogen-bond acceptors (Lipinski definition) is 8. The molecule has 0 bridgehead atoms. The quantitative estimate of drug-likeness (QED) is 0.274. The van der Waals surface area contributed by atoms with E-state index in [2.05, 4.69) is 15.4 Å². The van der Waals surface area contributed by atoms with Crippen molar-refractivity contribution in [1.29, 1.82) is 0 Å². The number of hydrogen-bond donors (Lipinski definition) is 2. The number of alkyl halides is 3. The van der Waals surface area contributed by atoms with Crippen LogP contribution < -0.4 is 15.8 Å². The first-order valence-electron chi connectivity index (χ1n) is 9.98. The third-order valence-corrected chi connectivity index (χ3v) is 6.00. The number of carbonyl (C=O) groups is 2. The smallest absolute Gasteiger partial charge is 0.433 e. The molecule has 0 saturated heterocycles. The number of nitro groups is 1. The second-order valence-electron chi connectivity index (χ2n) is 7.37. The number of amides is 2. The summed E-state index contributed by atoms with van der Waals surface area (Å²) in [5.74, 6) is -1.73. The Morgan fingerprint density at radius 2 is 2.00 bits per heavy atom. The van der Waals surface area contributed by atoms with Crippen molar-refractivity contribution in [2.45, 2.75) is 19.8 Å². The Bertz CT molecular complexity index is 1510. The van der Waals surface area contributed by atoms with Crippen LogP contribution in [0.3, 0.4) is 0 Å². The standard InChI is InChI=1S/C21H15F3N6O5S/c1-10-8-14(21(22,23)24)26-20-15(10)16(17(36-20)18(25)31)27-19(32)11-6-7-29(28-11)9-35-13-5-3-2-4-12(13)30(33)34/h2-8H,9H2,1H3,(H2,25,31)(H,27,32). The highest BCUT2D eigenvalue weighted by atomic mass is 32.1. The number of nitrogens with zero attached hydrogens (tertiary/aromatic N) is 4. The molecule has 3 N–H and O–H groups in total. The predicted octanol–water partition coefficient (Wildman–Crippen LogP) is 4.12. The van der Waals surface area contributed by atoms with Crippen LogP contribution in [0.25, 0.3) is 10.2 Å². The van der Waals surface area contributed by atoms with Gasteiger partial charge in [0.15, 0.2) is 18.2 Å². The van der Waals surface area contributed by atoms with E-state index in [0.29, 0.717) is 11.3 Å². The maximum atomic E-state index is 13.2. The van der Waals surface area contributed by atoms with Gasteiger partial charge in [-0.15, -0.1) is 11.3 Å². The van der Waals surface area contributed by atoms with Crippen LogP contribution in [-0.4, -0.2) is 31.5 Å². The van der Waals surface area contributed by atoms with E-state index >= 15 is 0 Å². The molecular formula is C21H15F3N6O5S. The van der Waals surface area contributed by atoms with Crippen LogP contribution >= 0.6 is 11.3 Å². The number of nitro benzene ring substituents is 1. The molecule has 0 atom stereocenters. The molecule has 0 aliphatic rings. The fourth-order valence-corrected chi connectivity index (χ4v) is 4.38. The highest BCUT2D eigenvalue weighted by molar-refractivity contribution is 7.21. The SMILES string of the molecule is Cc1cc(C(F)(F)F)nc2sc(C(N)=O)c(NC(=O)c3ccn(COc4ccccc4[N+](=O)[O-])n3)c12. The van der Waals surface area contributed by atoms with Crippen molar-refractivity contribution >= 4 is 44.7 Å². The Labute approximate surface area is 203 Å². The topological polar surface area (TPSA) is 155 Å². The second kappa shape index (κ2) is 9.26. The first-order chi connectivity index (χ1) is 17.0. The van der Waals surface area contributed by atoms with E-state index < -0.39 is 28.6 Å². The third kappa shape index (κ3) is 4.81. The Balaban J connectivity index is 1.58.